The average Bonchev–Trinajstić information content (AvgIpc) is 3.05. The van der Waals surface area contributed by atoms with E-state index < -0.39 is 11.9 Å². The van der Waals surface area contributed by atoms with Gasteiger partial charge in [-0.15, -0.1) is 0 Å². The normalized spacial score (nSPS) is 17.0. The van der Waals surface area contributed by atoms with Crippen LogP contribution < -0.4 is 5.32 Å². The summed E-state index contributed by atoms with van der Waals surface area (Å²) < 4.78 is 1.86. The molecule has 2 N–H and O–H groups in total. The largest absolute Gasteiger partial charge is 0.481 e. The molecule has 2 amide bonds. The fourth-order valence-corrected chi connectivity index (χ4v) is 3.42. The zero-order valence-corrected chi connectivity index (χ0v) is 15.8. The molecule has 0 saturated carbocycles. The monoisotopic (exact) mass is 370 g/mol. The molecule has 2 aromatic rings. The molecule has 7 nitrogen and oxygen atoms in total. The van der Waals surface area contributed by atoms with Crippen molar-refractivity contribution in [2.24, 2.45) is 5.92 Å². The van der Waals surface area contributed by atoms with Crippen molar-refractivity contribution in [3.05, 3.63) is 41.7 Å². The number of benzene rings is 1. The molecule has 1 aromatic heterocycles. The van der Waals surface area contributed by atoms with Gasteiger partial charge in [0.15, 0.2) is 0 Å². The summed E-state index contributed by atoms with van der Waals surface area (Å²) in [5.41, 5.74) is 3.75. The van der Waals surface area contributed by atoms with Crippen LogP contribution in [0.25, 0.3) is 5.69 Å². The van der Waals surface area contributed by atoms with Crippen molar-refractivity contribution in [2.75, 3.05) is 18.4 Å². The number of likely N-dealkylation sites (tertiary alicyclic amines) is 1. The molecule has 0 bridgehead atoms. The summed E-state index contributed by atoms with van der Waals surface area (Å²) in [6.07, 6.45) is 4.69. The predicted molar refractivity (Wildman–Crippen MR) is 103 cm³/mol. The van der Waals surface area contributed by atoms with E-state index in [1.807, 2.05) is 35.9 Å². The van der Waals surface area contributed by atoms with Gasteiger partial charge >= 0.3 is 12.0 Å². The molecule has 27 heavy (non-hydrogen) atoms. The SMILES string of the molecule is CCCc1c(NC(=O)N2CCCC(C(=O)O)C2)cnn1-c1ccc(C)cc1. The second kappa shape index (κ2) is 8.24. The number of nitrogens with one attached hydrogen (secondary N) is 1. The van der Waals surface area contributed by atoms with Crippen molar-refractivity contribution in [1.29, 1.82) is 0 Å². The molecule has 1 saturated heterocycles. The molecule has 0 aliphatic carbocycles. The Morgan fingerprint density at radius 2 is 2.04 bits per heavy atom. The van der Waals surface area contributed by atoms with E-state index in [9.17, 15) is 14.7 Å². The number of aryl methyl sites for hydroxylation is 1. The smallest absolute Gasteiger partial charge is 0.321 e. The quantitative estimate of drug-likeness (QED) is 0.844. The number of carbonyl (C=O) groups is 2. The minimum atomic E-state index is -0.841. The number of urea groups is 1. The lowest BCUT2D eigenvalue weighted by molar-refractivity contribution is -0.143. The van der Waals surface area contributed by atoms with Crippen LogP contribution in [-0.2, 0) is 11.2 Å². The summed E-state index contributed by atoms with van der Waals surface area (Å²) >= 11 is 0. The van der Waals surface area contributed by atoms with Crippen molar-refractivity contribution in [2.45, 2.75) is 39.5 Å². The third-order valence-corrected chi connectivity index (χ3v) is 4.93. The Kier molecular flexibility index (Phi) is 5.78. The Balaban J connectivity index is 1.79. The molecule has 3 rings (SSSR count). The first-order valence-electron chi connectivity index (χ1n) is 9.42. The van der Waals surface area contributed by atoms with E-state index in [4.69, 9.17) is 0 Å². The summed E-state index contributed by atoms with van der Waals surface area (Å²) in [5.74, 6) is -1.33. The maximum absolute atomic E-state index is 12.7. The van der Waals surface area contributed by atoms with E-state index in [-0.39, 0.29) is 12.6 Å². The number of amides is 2. The predicted octanol–water partition coefficient (Wildman–Crippen LogP) is 3.46. The van der Waals surface area contributed by atoms with E-state index in [1.54, 1.807) is 11.1 Å². The van der Waals surface area contributed by atoms with Gasteiger partial charge in [0.25, 0.3) is 0 Å². The number of carbonyl (C=O) groups excluding carboxylic acids is 1. The van der Waals surface area contributed by atoms with Crippen molar-refractivity contribution in [1.82, 2.24) is 14.7 Å². The van der Waals surface area contributed by atoms with Gasteiger partial charge in [-0.2, -0.15) is 5.10 Å². The van der Waals surface area contributed by atoms with Crippen LogP contribution in [0.15, 0.2) is 30.5 Å². The summed E-state index contributed by atoms with van der Waals surface area (Å²) in [4.78, 5) is 25.5. The fourth-order valence-electron chi connectivity index (χ4n) is 3.42. The Morgan fingerprint density at radius 3 is 2.70 bits per heavy atom. The second-order valence-corrected chi connectivity index (χ2v) is 7.06. The summed E-state index contributed by atoms with van der Waals surface area (Å²) in [5, 5.41) is 16.6. The molecule has 1 aromatic carbocycles. The van der Waals surface area contributed by atoms with Crippen LogP contribution >= 0.6 is 0 Å². The highest BCUT2D eigenvalue weighted by atomic mass is 16.4. The standard InChI is InChI=1S/C20H26N4O3/c1-3-5-18-17(12-21-24(18)16-9-7-14(2)8-10-16)22-20(27)23-11-4-6-15(13-23)19(25)26/h7-10,12,15H,3-6,11,13H2,1-2H3,(H,22,27)(H,25,26). The minimum absolute atomic E-state index is 0.246. The zero-order valence-electron chi connectivity index (χ0n) is 15.8. The van der Waals surface area contributed by atoms with Gasteiger partial charge in [-0.05, 0) is 38.3 Å². The number of carboxylic acid groups (broad SMARTS) is 1. The number of carboxylic acids is 1. The lowest BCUT2D eigenvalue weighted by atomic mass is 9.99. The summed E-state index contributed by atoms with van der Waals surface area (Å²) in [6, 6.07) is 7.82. The Morgan fingerprint density at radius 1 is 1.30 bits per heavy atom. The van der Waals surface area contributed by atoms with Gasteiger partial charge in [0.2, 0.25) is 0 Å². The maximum atomic E-state index is 12.7. The molecule has 1 aliphatic rings. The number of rotatable bonds is 5. The number of aliphatic carboxylic acids is 1. The van der Waals surface area contributed by atoms with E-state index in [1.165, 1.54) is 5.56 Å². The highest BCUT2D eigenvalue weighted by molar-refractivity contribution is 5.90. The number of hydrogen-bond donors (Lipinski definition) is 2. The number of hydrogen-bond acceptors (Lipinski definition) is 3. The Labute approximate surface area is 159 Å². The molecule has 0 radical (unpaired) electrons. The van der Waals surface area contributed by atoms with Crippen LogP contribution in [0, 0.1) is 12.8 Å². The number of piperidine rings is 1. The molecule has 7 heteroatoms. The van der Waals surface area contributed by atoms with Crippen LogP contribution in [0.2, 0.25) is 0 Å². The molecule has 144 valence electrons. The van der Waals surface area contributed by atoms with E-state index >= 15 is 0 Å². The first kappa shape index (κ1) is 18.9. The third-order valence-electron chi connectivity index (χ3n) is 4.93. The molecular formula is C20H26N4O3. The second-order valence-electron chi connectivity index (χ2n) is 7.06. The zero-order chi connectivity index (χ0) is 19.4. The van der Waals surface area contributed by atoms with Gasteiger partial charge in [0.05, 0.1) is 29.2 Å². The van der Waals surface area contributed by atoms with Crippen molar-refractivity contribution in [3.63, 3.8) is 0 Å². The molecule has 1 fully saturated rings. The van der Waals surface area contributed by atoms with E-state index in [0.29, 0.717) is 25.1 Å². The molecule has 2 heterocycles. The van der Waals surface area contributed by atoms with Crippen molar-refractivity contribution < 1.29 is 14.7 Å². The molecule has 1 aliphatic heterocycles. The van der Waals surface area contributed by atoms with Gasteiger partial charge in [-0.1, -0.05) is 31.0 Å². The molecule has 1 unspecified atom stereocenters. The first-order valence-corrected chi connectivity index (χ1v) is 9.42. The molecule has 1 atom stereocenters. The Bertz CT molecular complexity index is 813. The van der Waals surface area contributed by atoms with Crippen LogP contribution in [0.3, 0.4) is 0 Å². The number of aromatic nitrogens is 2. The van der Waals surface area contributed by atoms with Gasteiger partial charge in [0, 0.05) is 13.1 Å². The lowest BCUT2D eigenvalue weighted by Crippen LogP contribution is -2.44. The van der Waals surface area contributed by atoms with E-state index in [0.717, 1.165) is 24.2 Å². The number of nitrogens with zero attached hydrogens (tertiary/aromatic N) is 3. The third kappa shape index (κ3) is 4.30. The molecular weight excluding hydrogens is 344 g/mol. The molecule has 0 spiro atoms. The first-order chi connectivity index (χ1) is 13.0. The van der Waals surface area contributed by atoms with Crippen LogP contribution in [0.5, 0.6) is 0 Å². The maximum Gasteiger partial charge on any atom is 0.321 e. The van der Waals surface area contributed by atoms with Crippen LogP contribution in [-0.4, -0.2) is 44.9 Å². The highest BCUT2D eigenvalue weighted by Gasteiger charge is 2.28. The van der Waals surface area contributed by atoms with Crippen LogP contribution in [0.1, 0.15) is 37.4 Å². The van der Waals surface area contributed by atoms with Crippen molar-refractivity contribution >= 4 is 17.7 Å². The topological polar surface area (TPSA) is 87.5 Å². The lowest BCUT2D eigenvalue weighted by Gasteiger charge is -2.30. The number of anilines is 1. The van der Waals surface area contributed by atoms with Crippen molar-refractivity contribution in [3.8, 4) is 5.69 Å². The minimum Gasteiger partial charge on any atom is -0.481 e. The summed E-state index contributed by atoms with van der Waals surface area (Å²) in [6.45, 7) is 4.94. The van der Waals surface area contributed by atoms with Gasteiger partial charge in [-0.25, -0.2) is 9.48 Å². The summed E-state index contributed by atoms with van der Waals surface area (Å²) in [7, 11) is 0. The van der Waals surface area contributed by atoms with Gasteiger partial charge < -0.3 is 15.3 Å². The highest BCUT2D eigenvalue weighted by Crippen LogP contribution is 2.23. The van der Waals surface area contributed by atoms with Gasteiger partial charge in [-0.3, -0.25) is 4.79 Å². The van der Waals surface area contributed by atoms with E-state index in [2.05, 4.69) is 17.3 Å². The van der Waals surface area contributed by atoms with Gasteiger partial charge in [0.1, 0.15) is 0 Å². The average molecular weight is 370 g/mol. The fraction of sp³-hybridized carbons (Fsp3) is 0.450. The van der Waals surface area contributed by atoms with Crippen LogP contribution in [0.4, 0.5) is 10.5 Å². The Hall–Kier alpha value is -2.83.